The molecule has 3 amide bonds. The number of piperazine rings is 1. The maximum Gasteiger partial charge on any atom is 0.255 e. The molecule has 2 unspecified atom stereocenters. The first-order valence-electron chi connectivity index (χ1n) is 13.5. The summed E-state index contributed by atoms with van der Waals surface area (Å²) in [6.07, 6.45) is 7.42. The predicted molar refractivity (Wildman–Crippen MR) is 134 cm³/mol. The zero-order chi connectivity index (χ0) is 24.2. The fourth-order valence-electron chi connectivity index (χ4n) is 6.07. The third kappa shape index (κ3) is 5.93. The molecule has 0 radical (unpaired) electrons. The summed E-state index contributed by atoms with van der Waals surface area (Å²) >= 11 is 0. The fraction of sp³-hybridized carbons (Fsp3) is 0.667. The Hall–Kier alpha value is -2.29. The smallest absolute Gasteiger partial charge is 0.255 e. The lowest BCUT2D eigenvalue weighted by Crippen LogP contribution is -2.52. The summed E-state index contributed by atoms with van der Waals surface area (Å²) in [5, 5.41) is 5.89. The number of benzene rings is 1. The Labute approximate surface area is 208 Å². The molecular weight excluding hydrogens is 442 g/mol. The van der Waals surface area contributed by atoms with E-state index in [1.807, 2.05) is 12.1 Å². The van der Waals surface area contributed by atoms with Crippen LogP contribution in [0.15, 0.2) is 18.2 Å². The Kier molecular flexibility index (Phi) is 7.80. The van der Waals surface area contributed by atoms with Gasteiger partial charge < -0.3 is 15.1 Å². The van der Waals surface area contributed by atoms with Crippen LogP contribution in [-0.4, -0.2) is 84.3 Å². The van der Waals surface area contributed by atoms with Crippen LogP contribution in [-0.2, 0) is 22.7 Å². The summed E-state index contributed by atoms with van der Waals surface area (Å²) in [5.41, 5.74) is 2.83. The number of nitrogens with one attached hydrogen (secondary N) is 2. The molecule has 5 rings (SSSR count). The molecule has 8 nitrogen and oxygen atoms in total. The van der Waals surface area contributed by atoms with E-state index in [0.717, 1.165) is 49.8 Å². The van der Waals surface area contributed by atoms with Gasteiger partial charge in [-0.25, -0.2) is 0 Å². The molecule has 4 aliphatic rings. The van der Waals surface area contributed by atoms with E-state index in [-0.39, 0.29) is 24.1 Å². The largest absolute Gasteiger partial charge is 0.322 e. The number of amides is 3. The highest BCUT2D eigenvalue weighted by molar-refractivity contribution is 6.05. The monoisotopic (exact) mass is 481 g/mol. The molecule has 0 aliphatic carbocycles. The Balaban J connectivity index is 1.06. The van der Waals surface area contributed by atoms with Crippen molar-refractivity contribution < 1.29 is 14.4 Å². The number of carbonyl (C=O) groups is 3. The van der Waals surface area contributed by atoms with Crippen molar-refractivity contribution in [2.75, 3.05) is 45.8 Å². The maximum atomic E-state index is 13.1. The van der Waals surface area contributed by atoms with Crippen molar-refractivity contribution in [1.29, 1.82) is 0 Å². The molecule has 3 fully saturated rings. The summed E-state index contributed by atoms with van der Waals surface area (Å²) in [7, 11) is 0. The first-order chi connectivity index (χ1) is 17.1. The van der Waals surface area contributed by atoms with Crippen molar-refractivity contribution in [3.63, 3.8) is 0 Å². The van der Waals surface area contributed by atoms with Crippen LogP contribution >= 0.6 is 0 Å². The minimum atomic E-state index is -0.552. The predicted octanol–water partition coefficient (Wildman–Crippen LogP) is 1.74. The average molecular weight is 482 g/mol. The van der Waals surface area contributed by atoms with Gasteiger partial charge in [-0.2, -0.15) is 0 Å². The van der Waals surface area contributed by atoms with Crippen LogP contribution in [0, 0.1) is 5.92 Å². The molecule has 2 atom stereocenters. The molecule has 35 heavy (non-hydrogen) atoms. The SMILES string of the molecule is O=C1CCC(N2Cc3ccc(CN4CCN(CCCCC5CCCNC5)CC4)cc3C2=O)C(=O)N1. The van der Waals surface area contributed by atoms with Crippen LogP contribution < -0.4 is 10.6 Å². The van der Waals surface area contributed by atoms with Crippen molar-refractivity contribution in [3.8, 4) is 0 Å². The molecule has 2 N–H and O–H groups in total. The maximum absolute atomic E-state index is 13.1. The quantitative estimate of drug-likeness (QED) is 0.435. The fourth-order valence-corrected chi connectivity index (χ4v) is 6.07. The van der Waals surface area contributed by atoms with Crippen LogP contribution in [0.3, 0.4) is 0 Å². The van der Waals surface area contributed by atoms with E-state index in [1.165, 1.54) is 51.7 Å². The molecule has 1 aromatic carbocycles. The van der Waals surface area contributed by atoms with E-state index in [1.54, 1.807) is 4.90 Å². The van der Waals surface area contributed by atoms with Gasteiger partial charge >= 0.3 is 0 Å². The molecule has 190 valence electrons. The lowest BCUT2D eigenvalue weighted by molar-refractivity contribution is -0.136. The van der Waals surface area contributed by atoms with E-state index in [9.17, 15) is 14.4 Å². The molecule has 3 saturated heterocycles. The van der Waals surface area contributed by atoms with Crippen molar-refractivity contribution in [2.45, 2.75) is 64.1 Å². The Morgan fingerprint density at radius 3 is 2.57 bits per heavy atom. The minimum absolute atomic E-state index is 0.0924. The first-order valence-corrected chi connectivity index (χ1v) is 13.5. The van der Waals surface area contributed by atoms with Gasteiger partial charge in [0.1, 0.15) is 6.04 Å². The van der Waals surface area contributed by atoms with Crippen LogP contribution in [0.25, 0.3) is 0 Å². The minimum Gasteiger partial charge on any atom is -0.322 e. The summed E-state index contributed by atoms with van der Waals surface area (Å²) < 4.78 is 0. The van der Waals surface area contributed by atoms with E-state index in [0.29, 0.717) is 18.5 Å². The van der Waals surface area contributed by atoms with Crippen LogP contribution in [0.2, 0.25) is 0 Å². The van der Waals surface area contributed by atoms with Gasteiger partial charge in [0, 0.05) is 51.3 Å². The topological polar surface area (TPSA) is 85.0 Å². The summed E-state index contributed by atoms with van der Waals surface area (Å²) in [5.74, 6) is 0.183. The Morgan fingerprint density at radius 1 is 0.971 bits per heavy atom. The number of piperidine rings is 2. The molecule has 0 spiro atoms. The van der Waals surface area contributed by atoms with Crippen LogP contribution in [0.4, 0.5) is 0 Å². The molecule has 0 aromatic heterocycles. The number of fused-ring (bicyclic) bond motifs is 1. The molecule has 0 bridgehead atoms. The van der Waals surface area contributed by atoms with Crippen LogP contribution in [0.1, 0.15) is 66.4 Å². The number of hydrogen-bond acceptors (Lipinski definition) is 6. The van der Waals surface area contributed by atoms with E-state index < -0.39 is 6.04 Å². The number of imide groups is 1. The molecule has 8 heteroatoms. The third-order valence-corrected chi connectivity index (χ3v) is 8.20. The summed E-state index contributed by atoms with van der Waals surface area (Å²) in [6.45, 7) is 9.23. The normalized spacial score (nSPS) is 26.2. The highest BCUT2D eigenvalue weighted by Gasteiger charge is 2.39. The Morgan fingerprint density at radius 2 is 1.80 bits per heavy atom. The van der Waals surface area contributed by atoms with Crippen molar-refractivity contribution in [1.82, 2.24) is 25.3 Å². The van der Waals surface area contributed by atoms with Crippen molar-refractivity contribution >= 4 is 17.7 Å². The van der Waals surface area contributed by atoms with Gasteiger partial charge in [-0.05, 0) is 74.8 Å². The number of rotatable bonds is 8. The number of nitrogens with zero attached hydrogens (tertiary/aromatic N) is 3. The summed E-state index contributed by atoms with van der Waals surface area (Å²) in [4.78, 5) is 43.5. The molecule has 4 heterocycles. The van der Waals surface area contributed by atoms with E-state index in [2.05, 4.69) is 26.5 Å². The molecule has 1 aromatic rings. The van der Waals surface area contributed by atoms with Gasteiger partial charge in [0.15, 0.2) is 0 Å². The second kappa shape index (κ2) is 11.2. The van der Waals surface area contributed by atoms with E-state index >= 15 is 0 Å². The highest BCUT2D eigenvalue weighted by atomic mass is 16.2. The van der Waals surface area contributed by atoms with Gasteiger partial charge in [-0.15, -0.1) is 0 Å². The third-order valence-electron chi connectivity index (χ3n) is 8.20. The van der Waals surface area contributed by atoms with Gasteiger partial charge in [0.2, 0.25) is 11.8 Å². The van der Waals surface area contributed by atoms with Crippen molar-refractivity contribution in [3.05, 3.63) is 34.9 Å². The van der Waals surface area contributed by atoms with Crippen molar-refractivity contribution in [2.24, 2.45) is 5.92 Å². The summed E-state index contributed by atoms with van der Waals surface area (Å²) in [6, 6.07) is 5.61. The lowest BCUT2D eigenvalue weighted by Gasteiger charge is -2.35. The highest BCUT2D eigenvalue weighted by Crippen LogP contribution is 2.28. The molecule has 4 aliphatic heterocycles. The van der Waals surface area contributed by atoms with Gasteiger partial charge in [-0.1, -0.05) is 18.6 Å². The zero-order valence-corrected chi connectivity index (χ0v) is 20.8. The average Bonchev–Trinajstić information content (AvgIpc) is 3.19. The number of unbranched alkanes of at least 4 members (excludes halogenated alkanes) is 1. The van der Waals surface area contributed by atoms with Gasteiger partial charge in [0.25, 0.3) is 5.91 Å². The standard InChI is InChI=1S/C27H39N5O3/c33-25-9-8-24(26(34)29-25)32-19-22-7-6-21(16-23(22)27(32)35)18-31-14-12-30(13-15-31)11-2-1-4-20-5-3-10-28-17-20/h6-7,16,20,24,28H,1-5,8-15,17-19H2,(H,29,33,34). The van der Waals surface area contributed by atoms with E-state index in [4.69, 9.17) is 0 Å². The lowest BCUT2D eigenvalue weighted by atomic mass is 9.94. The van der Waals surface area contributed by atoms with Gasteiger partial charge in [-0.3, -0.25) is 24.6 Å². The number of carbonyl (C=O) groups excluding carboxylic acids is 3. The molecular formula is C27H39N5O3. The number of hydrogen-bond donors (Lipinski definition) is 2. The second-order valence-corrected chi connectivity index (χ2v) is 10.7. The first kappa shape index (κ1) is 24.4. The Bertz CT molecular complexity index is 937. The zero-order valence-electron chi connectivity index (χ0n) is 20.8. The second-order valence-electron chi connectivity index (χ2n) is 10.7. The molecule has 0 saturated carbocycles. The van der Waals surface area contributed by atoms with Gasteiger partial charge in [0.05, 0.1) is 0 Å². The van der Waals surface area contributed by atoms with Crippen LogP contribution in [0.5, 0.6) is 0 Å².